The lowest BCUT2D eigenvalue weighted by Gasteiger charge is -2.09. The molecule has 5 heteroatoms. The predicted octanol–water partition coefficient (Wildman–Crippen LogP) is 5.23. The van der Waals surface area contributed by atoms with E-state index in [0.717, 1.165) is 12.1 Å². The van der Waals surface area contributed by atoms with E-state index in [1.54, 1.807) is 18.2 Å². The van der Waals surface area contributed by atoms with Crippen LogP contribution in [0.3, 0.4) is 0 Å². The molecule has 0 saturated heterocycles. The number of hydrogen-bond donors (Lipinski definition) is 0. The molecule has 0 bridgehead atoms. The van der Waals surface area contributed by atoms with E-state index in [2.05, 4.69) is 0 Å². The Hall–Kier alpha value is -1.81. The lowest BCUT2D eigenvalue weighted by atomic mass is 10.0. The Kier molecular flexibility index (Phi) is 3.86. The Morgan fingerprint density at radius 3 is 2.00 bits per heavy atom. The van der Waals surface area contributed by atoms with Crippen LogP contribution in [0.4, 0.5) is 13.2 Å². The van der Waals surface area contributed by atoms with Gasteiger partial charge in [0.2, 0.25) is 0 Å². The summed E-state index contributed by atoms with van der Waals surface area (Å²) in [5, 5.41) is 0.287. The number of alkyl halides is 3. The second-order valence-electron chi connectivity index (χ2n) is 4.33. The van der Waals surface area contributed by atoms with Crippen LogP contribution in [-0.4, -0.2) is 5.78 Å². The third kappa shape index (κ3) is 3.02. The summed E-state index contributed by atoms with van der Waals surface area (Å²) < 4.78 is 37.4. The zero-order valence-electron chi connectivity index (χ0n) is 10.5. The molecular formula is C15H10ClF3O. The van der Waals surface area contributed by atoms with Gasteiger partial charge in [-0.25, -0.2) is 0 Å². The maximum absolute atomic E-state index is 12.5. The molecule has 0 saturated carbocycles. The van der Waals surface area contributed by atoms with Crippen molar-refractivity contribution in [1.82, 2.24) is 0 Å². The highest BCUT2D eigenvalue weighted by molar-refractivity contribution is 6.34. The molecule has 0 fully saturated rings. The van der Waals surface area contributed by atoms with Crippen LogP contribution < -0.4 is 0 Å². The highest BCUT2D eigenvalue weighted by Crippen LogP contribution is 2.32. The smallest absolute Gasteiger partial charge is 0.294 e. The molecule has 0 heterocycles. The molecule has 104 valence electrons. The molecule has 0 aliphatic rings. The maximum Gasteiger partial charge on any atom is 0.416 e. The van der Waals surface area contributed by atoms with Crippen molar-refractivity contribution in [2.45, 2.75) is 13.1 Å². The van der Waals surface area contributed by atoms with Crippen molar-refractivity contribution < 1.29 is 18.0 Å². The number of benzene rings is 2. The number of halogens is 4. The van der Waals surface area contributed by atoms with Crippen LogP contribution in [0.15, 0.2) is 42.5 Å². The molecule has 2 aromatic carbocycles. The first kappa shape index (κ1) is 14.6. The molecule has 20 heavy (non-hydrogen) atoms. The van der Waals surface area contributed by atoms with Gasteiger partial charge in [-0.3, -0.25) is 4.79 Å². The van der Waals surface area contributed by atoms with Crippen molar-refractivity contribution >= 4 is 17.4 Å². The van der Waals surface area contributed by atoms with Crippen molar-refractivity contribution in [2.24, 2.45) is 0 Å². The van der Waals surface area contributed by atoms with Gasteiger partial charge < -0.3 is 0 Å². The Balaban J connectivity index is 2.37. The zero-order chi connectivity index (χ0) is 14.9. The van der Waals surface area contributed by atoms with Gasteiger partial charge in [0.25, 0.3) is 0 Å². The number of Topliss-reactive ketones (excluding diaryl/α,β-unsaturated/α-hetero) is 1. The van der Waals surface area contributed by atoms with E-state index in [9.17, 15) is 18.0 Å². The summed E-state index contributed by atoms with van der Waals surface area (Å²) in [5.74, 6) is -0.158. The minimum absolute atomic E-state index is 0.158. The van der Waals surface area contributed by atoms with Crippen LogP contribution in [-0.2, 0) is 6.18 Å². The molecular weight excluding hydrogens is 289 g/mol. The van der Waals surface area contributed by atoms with Crippen LogP contribution in [0.1, 0.15) is 22.8 Å². The SMILES string of the molecule is CC(=O)c1ccc(-c2ccc(C(F)(F)F)cc2)cc1Cl. The monoisotopic (exact) mass is 298 g/mol. The summed E-state index contributed by atoms with van der Waals surface area (Å²) in [6.45, 7) is 1.40. The predicted molar refractivity (Wildman–Crippen MR) is 71.9 cm³/mol. The Morgan fingerprint density at radius 2 is 1.55 bits per heavy atom. The summed E-state index contributed by atoms with van der Waals surface area (Å²) in [6, 6.07) is 9.58. The molecule has 0 radical (unpaired) electrons. The van der Waals surface area contributed by atoms with Gasteiger partial charge in [-0.2, -0.15) is 13.2 Å². The molecule has 2 aromatic rings. The van der Waals surface area contributed by atoms with Crippen molar-refractivity contribution in [3.8, 4) is 11.1 Å². The van der Waals surface area contributed by atoms with E-state index < -0.39 is 11.7 Å². The molecule has 0 spiro atoms. The molecule has 0 amide bonds. The average molecular weight is 299 g/mol. The fourth-order valence-electron chi connectivity index (χ4n) is 1.83. The Labute approximate surface area is 119 Å². The zero-order valence-corrected chi connectivity index (χ0v) is 11.2. The summed E-state index contributed by atoms with van der Waals surface area (Å²) in [6.07, 6.45) is -4.35. The van der Waals surface area contributed by atoms with E-state index in [1.165, 1.54) is 19.1 Å². The number of carbonyl (C=O) groups is 1. The van der Waals surface area contributed by atoms with Crippen LogP contribution in [0, 0.1) is 0 Å². The van der Waals surface area contributed by atoms with Crippen LogP contribution in [0.25, 0.3) is 11.1 Å². The minimum atomic E-state index is -4.35. The first-order valence-corrected chi connectivity index (χ1v) is 6.15. The third-order valence-corrected chi connectivity index (χ3v) is 3.21. The highest BCUT2D eigenvalue weighted by atomic mass is 35.5. The van der Waals surface area contributed by atoms with Gasteiger partial charge in [0.1, 0.15) is 0 Å². The molecule has 1 nitrogen and oxygen atoms in total. The number of hydrogen-bond acceptors (Lipinski definition) is 1. The number of rotatable bonds is 2. The fraction of sp³-hybridized carbons (Fsp3) is 0.133. The first-order chi connectivity index (χ1) is 9.29. The highest BCUT2D eigenvalue weighted by Gasteiger charge is 2.29. The molecule has 2 rings (SSSR count). The molecule has 0 atom stereocenters. The average Bonchev–Trinajstić information content (AvgIpc) is 2.37. The first-order valence-electron chi connectivity index (χ1n) is 5.77. The largest absolute Gasteiger partial charge is 0.416 e. The summed E-state index contributed by atoms with van der Waals surface area (Å²) in [7, 11) is 0. The van der Waals surface area contributed by atoms with Crippen LogP contribution in [0.5, 0.6) is 0 Å². The molecule has 0 aliphatic carbocycles. The van der Waals surface area contributed by atoms with E-state index in [1.807, 2.05) is 0 Å². The van der Waals surface area contributed by atoms with E-state index in [4.69, 9.17) is 11.6 Å². The Morgan fingerprint density at radius 1 is 1.00 bits per heavy atom. The summed E-state index contributed by atoms with van der Waals surface area (Å²) in [5.41, 5.74) is 0.957. The number of ketones is 1. The van der Waals surface area contributed by atoms with Gasteiger partial charge in [0.05, 0.1) is 10.6 Å². The third-order valence-electron chi connectivity index (χ3n) is 2.89. The van der Waals surface area contributed by atoms with Crippen LogP contribution >= 0.6 is 11.6 Å². The number of carbonyl (C=O) groups excluding carboxylic acids is 1. The van der Waals surface area contributed by atoms with Crippen molar-refractivity contribution in [3.63, 3.8) is 0 Å². The van der Waals surface area contributed by atoms with Gasteiger partial charge >= 0.3 is 6.18 Å². The topological polar surface area (TPSA) is 17.1 Å². The normalized spacial score (nSPS) is 11.4. The maximum atomic E-state index is 12.5. The lowest BCUT2D eigenvalue weighted by molar-refractivity contribution is -0.137. The summed E-state index contributed by atoms with van der Waals surface area (Å²) in [4.78, 5) is 11.3. The van der Waals surface area contributed by atoms with Crippen molar-refractivity contribution in [2.75, 3.05) is 0 Å². The molecule has 0 aliphatic heterocycles. The van der Waals surface area contributed by atoms with Crippen LogP contribution in [0.2, 0.25) is 5.02 Å². The van der Waals surface area contributed by atoms with Gasteiger partial charge in [0.15, 0.2) is 5.78 Å². The Bertz CT molecular complexity index is 645. The van der Waals surface area contributed by atoms with E-state index in [-0.39, 0.29) is 10.8 Å². The second-order valence-corrected chi connectivity index (χ2v) is 4.73. The van der Waals surface area contributed by atoms with Gasteiger partial charge in [0, 0.05) is 5.56 Å². The summed E-state index contributed by atoms with van der Waals surface area (Å²) >= 11 is 5.98. The quantitative estimate of drug-likeness (QED) is 0.694. The molecule has 0 aromatic heterocycles. The minimum Gasteiger partial charge on any atom is -0.294 e. The van der Waals surface area contributed by atoms with Crippen molar-refractivity contribution in [1.29, 1.82) is 0 Å². The van der Waals surface area contributed by atoms with Gasteiger partial charge in [-0.15, -0.1) is 0 Å². The van der Waals surface area contributed by atoms with Gasteiger partial charge in [-0.05, 0) is 42.3 Å². The molecule has 0 N–H and O–H groups in total. The van der Waals surface area contributed by atoms with Crippen molar-refractivity contribution in [3.05, 3.63) is 58.6 Å². The van der Waals surface area contributed by atoms with E-state index in [0.29, 0.717) is 16.7 Å². The van der Waals surface area contributed by atoms with E-state index >= 15 is 0 Å². The van der Waals surface area contributed by atoms with Gasteiger partial charge in [-0.1, -0.05) is 29.8 Å². The fourth-order valence-corrected chi connectivity index (χ4v) is 2.15. The standard InChI is InChI=1S/C15H10ClF3O/c1-9(20)13-7-4-11(8-14(13)16)10-2-5-12(6-3-10)15(17,18)19/h2-8H,1H3. The lowest BCUT2D eigenvalue weighted by Crippen LogP contribution is -2.04. The second kappa shape index (κ2) is 5.29. The molecule has 0 unspecified atom stereocenters.